The summed E-state index contributed by atoms with van der Waals surface area (Å²) in [4.78, 5) is 29.9. The van der Waals surface area contributed by atoms with Crippen molar-refractivity contribution in [2.24, 2.45) is 0 Å². The summed E-state index contributed by atoms with van der Waals surface area (Å²) in [6.45, 7) is 3.25. The third-order valence-corrected chi connectivity index (χ3v) is 6.01. The Labute approximate surface area is 204 Å². The van der Waals surface area contributed by atoms with E-state index < -0.39 is 0 Å². The van der Waals surface area contributed by atoms with Gasteiger partial charge in [-0.15, -0.1) is 0 Å². The molecule has 0 bridgehead atoms. The normalized spacial score (nSPS) is 15.1. The van der Waals surface area contributed by atoms with Crippen LogP contribution in [-0.2, 0) is 22.6 Å². The highest BCUT2D eigenvalue weighted by atomic mass is 19.1. The highest BCUT2D eigenvalue weighted by Crippen LogP contribution is 2.18. The molecule has 1 aromatic heterocycles. The highest BCUT2D eigenvalue weighted by molar-refractivity contribution is 5.93. The molecule has 184 valence electrons. The van der Waals surface area contributed by atoms with Crippen molar-refractivity contribution in [3.63, 3.8) is 0 Å². The van der Waals surface area contributed by atoms with E-state index in [0.29, 0.717) is 24.6 Å². The zero-order valence-electron chi connectivity index (χ0n) is 19.8. The predicted octanol–water partition coefficient (Wildman–Crippen LogP) is 4.97. The lowest BCUT2D eigenvalue weighted by molar-refractivity contribution is -0.133. The summed E-state index contributed by atoms with van der Waals surface area (Å²) in [6.07, 6.45) is 3.21. The zero-order valence-corrected chi connectivity index (χ0v) is 19.8. The van der Waals surface area contributed by atoms with Crippen LogP contribution in [0.25, 0.3) is 0 Å². The number of hydrogen-bond acceptors (Lipinski definition) is 4. The van der Waals surface area contributed by atoms with Crippen molar-refractivity contribution in [3.8, 4) is 0 Å². The smallest absolute Gasteiger partial charge is 0.322 e. The molecule has 0 spiro atoms. The van der Waals surface area contributed by atoms with Gasteiger partial charge >= 0.3 is 6.03 Å². The molecular weight excluding hydrogens is 449 g/mol. The van der Waals surface area contributed by atoms with Crippen molar-refractivity contribution >= 4 is 17.6 Å². The first-order chi connectivity index (χ1) is 17.0. The summed E-state index contributed by atoms with van der Waals surface area (Å²) in [5.41, 5.74) is 2.40. The van der Waals surface area contributed by atoms with E-state index in [1.807, 2.05) is 31.2 Å². The number of nitrogens with zero attached hydrogens (tertiary/aromatic N) is 2. The molecular formula is C27H30FN3O4. The molecule has 1 aliphatic rings. The fourth-order valence-electron chi connectivity index (χ4n) is 4.06. The molecule has 1 aliphatic heterocycles. The summed E-state index contributed by atoms with van der Waals surface area (Å²) < 4.78 is 24.6. The van der Waals surface area contributed by atoms with E-state index in [1.165, 1.54) is 17.0 Å². The van der Waals surface area contributed by atoms with Gasteiger partial charge in [-0.3, -0.25) is 4.79 Å². The van der Waals surface area contributed by atoms with Crippen molar-refractivity contribution < 1.29 is 23.1 Å². The van der Waals surface area contributed by atoms with Gasteiger partial charge in [0.05, 0.1) is 18.9 Å². The van der Waals surface area contributed by atoms with Crippen LogP contribution >= 0.6 is 0 Å². The molecule has 2 heterocycles. The first-order valence-corrected chi connectivity index (χ1v) is 11.8. The molecule has 4 rings (SSSR count). The number of nitrogens with one attached hydrogen (secondary N) is 1. The minimum atomic E-state index is -0.358. The Kier molecular flexibility index (Phi) is 8.15. The number of amides is 3. The maximum absolute atomic E-state index is 13.5. The lowest BCUT2D eigenvalue weighted by atomic mass is 10.2. The Morgan fingerprint density at radius 3 is 2.51 bits per heavy atom. The quantitative estimate of drug-likeness (QED) is 0.470. The van der Waals surface area contributed by atoms with E-state index in [1.54, 1.807) is 35.4 Å². The molecule has 0 saturated carbocycles. The zero-order chi connectivity index (χ0) is 24.6. The Morgan fingerprint density at radius 2 is 1.83 bits per heavy atom. The first-order valence-electron chi connectivity index (χ1n) is 11.8. The maximum atomic E-state index is 13.5. The minimum absolute atomic E-state index is 0.110. The molecule has 1 atom stereocenters. The van der Waals surface area contributed by atoms with E-state index in [-0.39, 0.29) is 43.5 Å². The first kappa shape index (κ1) is 24.5. The Hall–Kier alpha value is -3.65. The van der Waals surface area contributed by atoms with E-state index in [9.17, 15) is 14.0 Å². The fraction of sp³-hybridized carbons (Fsp3) is 0.333. The average molecular weight is 480 g/mol. The number of benzene rings is 2. The summed E-state index contributed by atoms with van der Waals surface area (Å²) >= 11 is 0. The second kappa shape index (κ2) is 11.7. The molecule has 0 aliphatic carbocycles. The molecule has 1 unspecified atom stereocenters. The number of halogens is 1. The highest BCUT2D eigenvalue weighted by Gasteiger charge is 2.27. The summed E-state index contributed by atoms with van der Waals surface area (Å²) in [5, 5.41) is 2.93. The van der Waals surface area contributed by atoms with E-state index in [4.69, 9.17) is 9.15 Å². The van der Waals surface area contributed by atoms with Crippen LogP contribution in [0, 0.1) is 12.7 Å². The van der Waals surface area contributed by atoms with Crippen molar-refractivity contribution in [1.29, 1.82) is 0 Å². The van der Waals surface area contributed by atoms with Crippen LogP contribution in [0.2, 0.25) is 0 Å². The molecule has 7 nitrogen and oxygen atoms in total. The molecule has 35 heavy (non-hydrogen) atoms. The van der Waals surface area contributed by atoms with Gasteiger partial charge in [-0.1, -0.05) is 30.3 Å². The lowest BCUT2D eigenvalue weighted by Gasteiger charge is -2.29. The summed E-state index contributed by atoms with van der Waals surface area (Å²) in [6, 6.07) is 16.7. The van der Waals surface area contributed by atoms with Gasteiger partial charge < -0.3 is 24.3 Å². The van der Waals surface area contributed by atoms with Crippen LogP contribution in [0.3, 0.4) is 0 Å². The fourth-order valence-corrected chi connectivity index (χ4v) is 4.06. The third-order valence-electron chi connectivity index (χ3n) is 6.01. The molecule has 3 aromatic rings. The van der Waals surface area contributed by atoms with Crippen molar-refractivity contribution in [1.82, 2.24) is 9.80 Å². The summed E-state index contributed by atoms with van der Waals surface area (Å²) in [5.74, 6) is 0.0347. The second-order valence-electron chi connectivity index (χ2n) is 8.72. The molecule has 1 saturated heterocycles. The van der Waals surface area contributed by atoms with Gasteiger partial charge in [0.25, 0.3) is 0 Å². The number of urea groups is 1. The second-order valence-corrected chi connectivity index (χ2v) is 8.72. The standard InChI is InChI=1S/C27H30FN3O4/c1-20-6-2-3-9-25(20)29-27(33)31(18-24-8-5-15-35-24)19-26(32)30(17-23-7-4-14-34-23)16-21-10-12-22(28)13-11-21/h2-4,6-7,9-14,24H,5,8,15-19H2,1H3,(H,29,33). The van der Waals surface area contributed by atoms with Crippen LogP contribution in [0.15, 0.2) is 71.3 Å². The third kappa shape index (κ3) is 6.93. The van der Waals surface area contributed by atoms with Crippen molar-refractivity contribution in [3.05, 3.63) is 89.6 Å². The molecule has 0 radical (unpaired) electrons. The van der Waals surface area contributed by atoms with Gasteiger partial charge in [-0.05, 0) is 61.2 Å². The van der Waals surface area contributed by atoms with Gasteiger partial charge in [-0.2, -0.15) is 0 Å². The van der Waals surface area contributed by atoms with Gasteiger partial charge in [0.1, 0.15) is 18.1 Å². The number of para-hydroxylation sites is 1. The van der Waals surface area contributed by atoms with Gasteiger partial charge in [0.15, 0.2) is 0 Å². The monoisotopic (exact) mass is 479 g/mol. The number of rotatable bonds is 9. The molecule has 8 heteroatoms. The number of carbonyl (C=O) groups excluding carboxylic acids is 2. The van der Waals surface area contributed by atoms with Crippen LogP contribution < -0.4 is 5.32 Å². The van der Waals surface area contributed by atoms with Crippen LogP contribution in [0.1, 0.15) is 29.7 Å². The average Bonchev–Trinajstić information content (AvgIpc) is 3.55. The van der Waals surface area contributed by atoms with Crippen LogP contribution in [-0.4, -0.2) is 47.5 Å². The van der Waals surface area contributed by atoms with Crippen LogP contribution in [0.5, 0.6) is 0 Å². The van der Waals surface area contributed by atoms with Gasteiger partial charge in [0.2, 0.25) is 5.91 Å². The Bertz CT molecular complexity index is 1110. The predicted molar refractivity (Wildman–Crippen MR) is 130 cm³/mol. The van der Waals surface area contributed by atoms with Crippen LogP contribution in [0.4, 0.5) is 14.9 Å². The van der Waals surface area contributed by atoms with E-state index in [0.717, 1.165) is 24.0 Å². The number of anilines is 1. The molecule has 1 N–H and O–H groups in total. The topological polar surface area (TPSA) is 75.0 Å². The minimum Gasteiger partial charge on any atom is -0.467 e. The molecule has 1 fully saturated rings. The Morgan fingerprint density at radius 1 is 1.03 bits per heavy atom. The largest absolute Gasteiger partial charge is 0.467 e. The Balaban J connectivity index is 1.51. The number of furan rings is 1. The number of carbonyl (C=O) groups is 2. The maximum Gasteiger partial charge on any atom is 0.322 e. The number of aryl methyl sites for hydroxylation is 1. The van der Waals surface area contributed by atoms with Gasteiger partial charge in [-0.25, -0.2) is 9.18 Å². The van der Waals surface area contributed by atoms with Crippen molar-refractivity contribution in [2.45, 2.75) is 39.0 Å². The molecule has 3 amide bonds. The van der Waals surface area contributed by atoms with Crippen molar-refractivity contribution in [2.75, 3.05) is 25.0 Å². The number of hydrogen-bond donors (Lipinski definition) is 1. The lowest BCUT2D eigenvalue weighted by Crippen LogP contribution is -2.46. The number of ether oxygens (including phenoxy) is 1. The van der Waals surface area contributed by atoms with Gasteiger partial charge in [0, 0.05) is 25.4 Å². The summed E-state index contributed by atoms with van der Waals surface area (Å²) in [7, 11) is 0. The van der Waals surface area contributed by atoms with E-state index >= 15 is 0 Å². The molecule has 2 aromatic carbocycles. The SMILES string of the molecule is Cc1ccccc1NC(=O)N(CC(=O)N(Cc1ccc(F)cc1)Cc1ccco1)CC1CCCO1. The van der Waals surface area contributed by atoms with E-state index in [2.05, 4.69) is 5.32 Å².